The van der Waals surface area contributed by atoms with Gasteiger partial charge < -0.3 is 15.4 Å². The number of hydrogen-bond acceptors (Lipinski definition) is 9. The SMILES string of the molecule is CC(C)N1CCOCC1.CNc1cc(Nc2cnc(C#N)cn2)nnc1Br. The Labute approximate surface area is 167 Å². The third kappa shape index (κ3) is 6.71. The van der Waals surface area contributed by atoms with E-state index >= 15 is 0 Å². The van der Waals surface area contributed by atoms with Crippen LogP contribution in [0.5, 0.6) is 0 Å². The largest absolute Gasteiger partial charge is 0.386 e. The highest BCUT2D eigenvalue weighted by atomic mass is 79.9. The van der Waals surface area contributed by atoms with Crippen LogP contribution in [0.3, 0.4) is 0 Å². The van der Waals surface area contributed by atoms with Crippen molar-refractivity contribution in [3.8, 4) is 6.07 Å². The van der Waals surface area contributed by atoms with Crippen molar-refractivity contribution in [2.45, 2.75) is 19.9 Å². The summed E-state index contributed by atoms with van der Waals surface area (Å²) >= 11 is 3.27. The lowest BCUT2D eigenvalue weighted by molar-refractivity contribution is 0.0238. The van der Waals surface area contributed by atoms with E-state index in [0.29, 0.717) is 22.3 Å². The van der Waals surface area contributed by atoms with Gasteiger partial charge in [0, 0.05) is 32.2 Å². The summed E-state index contributed by atoms with van der Waals surface area (Å²) in [5.41, 5.74) is 1.06. The summed E-state index contributed by atoms with van der Waals surface area (Å²) in [5, 5.41) is 22.4. The minimum atomic E-state index is 0.262. The van der Waals surface area contributed by atoms with Crippen molar-refractivity contribution in [1.82, 2.24) is 25.1 Å². The second-order valence-electron chi connectivity index (χ2n) is 5.95. The molecule has 2 aromatic heterocycles. The average molecular weight is 435 g/mol. The van der Waals surface area contributed by atoms with Gasteiger partial charge in [-0.05, 0) is 29.8 Å². The maximum absolute atomic E-state index is 8.61. The summed E-state index contributed by atoms with van der Waals surface area (Å²) in [6.45, 7) is 8.50. The first-order chi connectivity index (χ1) is 13.0. The van der Waals surface area contributed by atoms with Gasteiger partial charge in [-0.15, -0.1) is 10.2 Å². The van der Waals surface area contributed by atoms with Crippen LogP contribution in [0.4, 0.5) is 17.3 Å². The molecule has 0 atom stereocenters. The van der Waals surface area contributed by atoms with Crippen molar-refractivity contribution >= 4 is 33.3 Å². The maximum Gasteiger partial charge on any atom is 0.158 e. The Hall–Kier alpha value is -2.35. The first-order valence-corrected chi connectivity index (χ1v) is 9.34. The highest BCUT2D eigenvalue weighted by Gasteiger charge is 2.12. The Morgan fingerprint density at radius 2 is 1.93 bits per heavy atom. The molecular formula is C17H23BrN8O. The van der Waals surface area contributed by atoms with Gasteiger partial charge in [-0.1, -0.05) is 0 Å². The minimum Gasteiger partial charge on any atom is -0.386 e. The van der Waals surface area contributed by atoms with Gasteiger partial charge in [0.1, 0.15) is 11.9 Å². The summed E-state index contributed by atoms with van der Waals surface area (Å²) in [4.78, 5) is 10.4. The van der Waals surface area contributed by atoms with Crippen molar-refractivity contribution in [1.29, 1.82) is 5.26 Å². The first kappa shape index (κ1) is 21.0. The molecule has 1 saturated heterocycles. The Morgan fingerprint density at radius 1 is 1.19 bits per heavy atom. The number of aromatic nitrogens is 4. The smallest absolute Gasteiger partial charge is 0.158 e. The molecule has 1 fully saturated rings. The lowest BCUT2D eigenvalue weighted by Gasteiger charge is -2.29. The van der Waals surface area contributed by atoms with Crippen molar-refractivity contribution < 1.29 is 4.74 Å². The molecule has 3 rings (SSSR count). The lowest BCUT2D eigenvalue weighted by atomic mass is 10.3. The van der Waals surface area contributed by atoms with E-state index in [2.05, 4.69) is 65.5 Å². The molecule has 0 radical (unpaired) electrons. The predicted octanol–water partition coefficient (Wildman–Crippen LogP) is 2.41. The van der Waals surface area contributed by atoms with Crippen LogP contribution in [0.15, 0.2) is 23.1 Å². The van der Waals surface area contributed by atoms with Crippen molar-refractivity contribution in [2.75, 3.05) is 44.0 Å². The quantitative estimate of drug-likeness (QED) is 0.748. The first-order valence-electron chi connectivity index (χ1n) is 8.55. The predicted molar refractivity (Wildman–Crippen MR) is 107 cm³/mol. The van der Waals surface area contributed by atoms with Crippen LogP contribution < -0.4 is 10.6 Å². The zero-order valence-electron chi connectivity index (χ0n) is 15.6. The number of morpholine rings is 1. The standard InChI is InChI=1S/C10H8BrN7.C7H15NO/c1-13-7-2-8(17-18-10(7)11)16-9-5-14-6(3-12)4-15-9;1-7(2)8-3-5-9-6-4-8/h2,4-5H,1H3,(H2,13,15,16,17);7H,3-6H2,1-2H3. The van der Waals surface area contributed by atoms with Gasteiger partial charge in [0.25, 0.3) is 0 Å². The van der Waals surface area contributed by atoms with E-state index < -0.39 is 0 Å². The monoisotopic (exact) mass is 434 g/mol. The molecule has 27 heavy (non-hydrogen) atoms. The highest BCUT2D eigenvalue weighted by Crippen LogP contribution is 2.22. The molecule has 0 spiro atoms. The van der Waals surface area contributed by atoms with Gasteiger partial charge >= 0.3 is 0 Å². The Kier molecular flexibility index (Phi) is 8.32. The Bertz CT molecular complexity index is 757. The molecule has 144 valence electrons. The molecule has 1 aliphatic heterocycles. The van der Waals surface area contributed by atoms with E-state index in [9.17, 15) is 0 Å². The molecule has 9 nitrogen and oxygen atoms in total. The second kappa shape index (κ2) is 10.7. The van der Waals surface area contributed by atoms with Crippen molar-refractivity contribution in [3.05, 3.63) is 28.8 Å². The number of ether oxygens (including phenoxy) is 1. The van der Waals surface area contributed by atoms with Crippen LogP contribution in [0.1, 0.15) is 19.5 Å². The van der Waals surface area contributed by atoms with Crippen LogP contribution >= 0.6 is 15.9 Å². The number of rotatable bonds is 4. The number of hydrogen-bond donors (Lipinski definition) is 2. The fraction of sp³-hybridized carbons (Fsp3) is 0.471. The van der Waals surface area contributed by atoms with Gasteiger partial charge in [0.2, 0.25) is 0 Å². The second-order valence-corrected chi connectivity index (χ2v) is 6.70. The number of halogens is 1. The van der Waals surface area contributed by atoms with Crippen LogP contribution in [0.25, 0.3) is 0 Å². The summed E-state index contributed by atoms with van der Waals surface area (Å²) in [6.07, 6.45) is 2.84. The van der Waals surface area contributed by atoms with E-state index in [1.165, 1.54) is 12.4 Å². The van der Waals surface area contributed by atoms with Crippen molar-refractivity contribution in [3.63, 3.8) is 0 Å². The molecular weight excluding hydrogens is 412 g/mol. The average Bonchev–Trinajstić information content (AvgIpc) is 2.71. The molecule has 0 unspecified atom stereocenters. The zero-order chi connectivity index (χ0) is 19.6. The zero-order valence-corrected chi connectivity index (χ0v) is 17.2. The van der Waals surface area contributed by atoms with Gasteiger partial charge in [-0.3, -0.25) is 4.90 Å². The topological polar surface area (TPSA) is 112 Å². The number of nitriles is 1. The van der Waals surface area contributed by atoms with Gasteiger partial charge in [0.05, 0.1) is 31.3 Å². The molecule has 2 N–H and O–H groups in total. The molecule has 0 aromatic carbocycles. The summed E-state index contributed by atoms with van der Waals surface area (Å²) in [5.74, 6) is 1.02. The lowest BCUT2D eigenvalue weighted by Crippen LogP contribution is -2.40. The van der Waals surface area contributed by atoms with Crippen LogP contribution in [0, 0.1) is 11.3 Å². The van der Waals surface area contributed by atoms with Crippen LogP contribution in [-0.4, -0.2) is 64.5 Å². The third-order valence-corrected chi connectivity index (χ3v) is 4.40. The van der Waals surface area contributed by atoms with E-state index in [-0.39, 0.29) is 5.69 Å². The number of nitrogens with one attached hydrogen (secondary N) is 2. The van der Waals surface area contributed by atoms with Gasteiger partial charge in [-0.2, -0.15) is 5.26 Å². The van der Waals surface area contributed by atoms with Crippen molar-refractivity contribution in [2.24, 2.45) is 0 Å². The molecule has 0 aliphatic carbocycles. The van der Waals surface area contributed by atoms with Gasteiger partial charge in [-0.25, -0.2) is 9.97 Å². The molecule has 0 saturated carbocycles. The summed E-state index contributed by atoms with van der Waals surface area (Å²) < 4.78 is 5.83. The molecule has 10 heteroatoms. The molecule has 2 aromatic rings. The Morgan fingerprint density at radius 3 is 2.44 bits per heavy atom. The fourth-order valence-electron chi connectivity index (χ4n) is 2.29. The maximum atomic E-state index is 8.61. The fourth-order valence-corrected chi connectivity index (χ4v) is 2.68. The molecule has 1 aliphatic rings. The van der Waals surface area contributed by atoms with Crippen LogP contribution in [-0.2, 0) is 4.74 Å². The third-order valence-electron chi connectivity index (χ3n) is 3.82. The van der Waals surface area contributed by atoms with E-state index in [1.807, 2.05) is 6.07 Å². The van der Waals surface area contributed by atoms with E-state index in [1.54, 1.807) is 13.1 Å². The van der Waals surface area contributed by atoms with Crippen LogP contribution in [0.2, 0.25) is 0 Å². The highest BCUT2D eigenvalue weighted by molar-refractivity contribution is 9.10. The summed E-state index contributed by atoms with van der Waals surface area (Å²) in [7, 11) is 1.78. The number of anilines is 3. The van der Waals surface area contributed by atoms with E-state index in [0.717, 1.165) is 32.0 Å². The summed E-state index contributed by atoms with van der Waals surface area (Å²) in [6, 6.07) is 4.36. The normalized spacial score (nSPS) is 14.1. The van der Waals surface area contributed by atoms with Gasteiger partial charge in [0.15, 0.2) is 16.1 Å². The molecule has 0 bridgehead atoms. The molecule has 0 amide bonds. The number of nitrogens with zero attached hydrogens (tertiary/aromatic N) is 6. The van der Waals surface area contributed by atoms with E-state index in [4.69, 9.17) is 10.00 Å². The molecule has 3 heterocycles. The Balaban J connectivity index is 0.000000244. The minimum absolute atomic E-state index is 0.262.